The first-order valence-corrected chi connectivity index (χ1v) is 6.98. The van der Waals surface area contributed by atoms with Crippen LogP contribution in [-0.2, 0) is 6.42 Å². The molecule has 0 radical (unpaired) electrons. The van der Waals surface area contributed by atoms with Crippen LogP contribution in [0.15, 0.2) is 42.5 Å². The molecule has 0 saturated heterocycles. The second-order valence-corrected chi connectivity index (χ2v) is 5.32. The Balaban J connectivity index is 1.74. The maximum atomic E-state index is 12.2. The van der Waals surface area contributed by atoms with E-state index in [2.05, 4.69) is 5.32 Å². The fourth-order valence-electron chi connectivity index (χ4n) is 2.38. The Bertz CT molecular complexity index is 663. The van der Waals surface area contributed by atoms with Crippen LogP contribution in [0.5, 0.6) is 5.75 Å². The highest BCUT2D eigenvalue weighted by Gasteiger charge is 2.13. The molecule has 4 nitrogen and oxygen atoms in total. The summed E-state index contributed by atoms with van der Waals surface area (Å²) in [4.78, 5) is 14.2. The van der Waals surface area contributed by atoms with E-state index in [1.807, 2.05) is 61.5 Å². The Hall–Kier alpha value is -2.49. The lowest BCUT2D eigenvalue weighted by Gasteiger charge is -2.12. The second-order valence-electron chi connectivity index (χ2n) is 5.32. The van der Waals surface area contributed by atoms with E-state index in [-0.39, 0.29) is 5.91 Å². The van der Waals surface area contributed by atoms with Gasteiger partial charge in [0.05, 0.1) is 6.61 Å². The van der Waals surface area contributed by atoms with Gasteiger partial charge in [0, 0.05) is 37.5 Å². The molecule has 0 fully saturated rings. The molecule has 0 atom stereocenters. The summed E-state index contributed by atoms with van der Waals surface area (Å²) in [5.41, 5.74) is 3.68. The van der Waals surface area contributed by atoms with E-state index in [9.17, 15) is 4.79 Å². The minimum atomic E-state index is -0.0980. The van der Waals surface area contributed by atoms with Crippen LogP contribution in [0.4, 0.5) is 11.4 Å². The molecule has 0 bridgehead atoms. The number of ether oxygens (including phenoxy) is 1. The molecule has 0 aromatic heterocycles. The number of hydrogen-bond donors (Lipinski definition) is 1. The highest BCUT2D eigenvalue weighted by Crippen LogP contribution is 2.28. The molecule has 1 heterocycles. The van der Waals surface area contributed by atoms with Crippen molar-refractivity contribution in [3.63, 3.8) is 0 Å². The first kappa shape index (κ1) is 13.5. The molecule has 4 heteroatoms. The average Bonchev–Trinajstić information content (AvgIpc) is 2.95. The van der Waals surface area contributed by atoms with Gasteiger partial charge in [-0.3, -0.25) is 4.79 Å². The lowest BCUT2D eigenvalue weighted by Crippen LogP contribution is -2.13. The molecule has 1 aliphatic heterocycles. The number of benzene rings is 2. The predicted octanol–water partition coefficient (Wildman–Crippen LogP) is 2.94. The van der Waals surface area contributed by atoms with Crippen LogP contribution < -0.4 is 15.0 Å². The molecule has 0 spiro atoms. The number of nitrogens with zero attached hydrogens (tertiary/aromatic N) is 1. The van der Waals surface area contributed by atoms with Crippen molar-refractivity contribution in [2.45, 2.75) is 6.42 Å². The standard InChI is InChI=1S/C17H18N2O2/c1-19(2)15-6-3-12(4-7-15)17(20)18-14-5-8-16-13(11-14)9-10-21-16/h3-8,11H,9-10H2,1-2H3,(H,18,20). The number of carbonyl (C=O) groups excluding carboxylic acids is 1. The van der Waals surface area contributed by atoms with Crippen molar-refractivity contribution in [2.24, 2.45) is 0 Å². The quantitative estimate of drug-likeness (QED) is 0.941. The number of anilines is 2. The summed E-state index contributed by atoms with van der Waals surface area (Å²) >= 11 is 0. The van der Waals surface area contributed by atoms with E-state index in [0.29, 0.717) is 5.56 Å². The predicted molar refractivity (Wildman–Crippen MR) is 84.4 cm³/mol. The molecule has 1 amide bonds. The Morgan fingerprint density at radius 1 is 1.14 bits per heavy atom. The van der Waals surface area contributed by atoms with Gasteiger partial charge in [0.1, 0.15) is 5.75 Å². The number of carbonyl (C=O) groups is 1. The third-order valence-corrected chi connectivity index (χ3v) is 3.59. The van der Waals surface area contributed by atoms with E-state index < -0.39 is 0 Å². The van der Waals surface area contributed by atoms with Gasteiger partial charge in [0.2, 0.25) is 0 Å². The van der Waals surface area contributed by atoms with Crippen LogP contribution in [0.3, 0.4) is 0 Å². The van der Waals surface area contributed by atoms with Crippen LogP contribution in [-0.4, -0.2) is 26.6 Å². The molecule has 1 N–H and O–H groups in total. The molecule has 3 rings (SSSR count). The zero-order chi connectivity index (χ0) is 14.8. The zero-order valence-corrected chi connectivity index (χ0v) is 12.2. The van der Waals surface area contributed by atoms with Crippen LogP contribution >= 0.6 is 0 Å². The summed E-state index contributed by atoms with van der Waals surface area (Å²) in [6.07, 6.45) is 0.899. The molecular weight excluding hydrogens is 264 g/mol. The van der Waals surface area contributed by atoms with Gasteiger partial charge in [0.25, 0.3) is 5.91 Å². The molecule has 2 aromatic carbocycles. The lowest BCUT2D eigenvalue weighted by molar-refractivity contribution is 0.102. The monoisotopic (exact) mass is 282 g/mol. The van der Waals surface area contributed by atoms with Crippen molar-refractivity contribution in [1.29, 1.82) is 0 Å². The van der Waals surface area contributed by atoms with Gasteiger partial charge in [-0.1, -0.05) is 0 Å². The van der Waals surface area contributed by atoms with Gasteiger partial charge in [-0.25, -0.2) is 0 Å². The van der Waals surface area contributed by atoms with E-state index in [1.165, 1.54) is 0 Å². The fourth-order valence-corrected chi connectivity index (χ4v) is 2.38. The Morgan fingerprint density at radius 2 is 1.90 bits per heavy atom. The molecule has 0 unspecified atom stereocenters. The topological polar surface area (TPSA) is 41.6 Å². The van der Waals surface area contributed by atoms with E-state index in [1.54, 1.807) is 0 Å². The SMILES string of the molecule is CN(C)c1ccc(C(=O)Nc2ccc3c(c2)CCO3)cc1. The normalized spacial score (nSPS) is 12.5. The summed E-state index contributed by atoms with van der Waals surface area (Å²) in [5.74, 6) is 0.822. The molecule has 0 aliphatic carbocycles. The maximum absolute atomic E-state index is 12.2. The van der Waals surface area contributed by atoms with Crippen LogP contribution in [0.25, 0.3) is 0 Å². The highest BCUT2D eigenvalue weighted by atomic mass is 16.5. The lowest BCUT2D eigenvalue weighted by atomic mass is 10.1. The third kappa shape index (κ3) is 2.84. The third-order valence-electron chi connectivity index (χ3n) is 3.59. The molecule has 1 aliphatic rings. The number of nitrogens with one attached hydrogen (secondary N) is 1. The van der Waals surface area contributed by atoms with Crippen LogP contribution in [0, 0.1) is 0 Å². The number of fused-ring (bicyclic) bond motifs is 1. The molecular formula is C17H18N2O2. The number of amides is 1. The minimum Gasteiger partial charge on any atom is -0.493 e. The summed E-state index contributed by atoms with van der Waals surface area (Å²) in [6.45, 7) is 0.721. The Labute approximate surface area is 124 Å². The van der Waals surface area contributed by atoms with Gasteiger partial charge in [-0.2, -0.15) is 0 Å². The van der Waals surface area contributed by atoms with Crippen molar-refractivity contribution >= 4 is 17.3 Å². The van der Waals surface area contributed by atoms with Gasteiger partial charge >= 0.3 is 0 Å². The van der Waals surface area contributed by atoms with E-state index in [0.717, 1.165) is 35.7 Å². The number of hydrogen-bond acceptors (Lipinski definition) is 3. The summed E-state index contributed by atoms with van der Waals surface area (Å²) in [6, 6.07) is 13.3. The van der Waals surface area contributed by atoms with E-state index in [4.69, 9.17) is 4.74 Å². The summed E-state index contributed by atoms with van der Waals surface area (Å²) in [5, 5.41) is 2.93. The smallest absolute Gasteiger partial charge is 0.255 e. The van der Waals surface area contributed by atoms with Crippen molar-refractivity contribution in [2.75, 3.05) is 30.9 Å². The summed E-state index contributed by atoms with van der Waals surface area (Å²) < 4.78 is 5.46. The van der Waals surface area contributed by atoms with Crippen LogP contribution in [0.1, 0.15) is 15.9 Å². The minimum absolute atomic E-state index is 0.0980. The molecule has 108 valence electrons. The molecule has 21 heavy (non-hydrogen) atoms. The average molecular weight is 282 g/mol. The first-order chi connectivity index (χ1) is 10.1. The van der Waals surface area contributed by atoms with Crippen molar-refractivity contribution in [1.82, 2.24) is 0 Å². The Morgan fingerprint density at radius 3 is 2.62 bits per heavy atom. The zero-order valence-electron chi connectivity index (χ0n) is 12.2. The van der Waals surface area contributed by atoms with Gasteiger partial charge in [-0.15, -0.1) is 0 Å². The largest absolute Gasteiger partial charge is 0.493 e. The molecule has 0 saturated carbocycles. The van der Waals surface area contributed by atoms with Crippen molar-refractivity contribution in [3.8, 4) is 5.75 Å². The summed E-state index contributed by atoms with van der Waals surface area (Å²) in [7, 11) is 3.95. The Kier molecular flexibility index (Phi) is 3.52. The maximum Gasteiger partial charge on any atom is 0.255 e. The van der Waals surface area contributed by atoms with Gasteiger partial charge in [0.15, 0.2) is 0 Å². The van der Waals surface area contributed by atoms with Crippen molar-refractivity contribution in [3.05, 3.63) is 53.6 Å². The highest BCUT2D eigenvalue weighted by molar-refractivity contribution is 6.04. The van der Waals surface area contributed by atoms with Gasteiger partial charge in [-0.05, 0) is 48.0 Å². The van der Waals surface area contributed by atoms with Gasteiger partial charge < -0.3 is 15.0 Å². The fraction of sp³-hybridized carbons (Fsp3) is 0.235. The number of rotatable bonds is 3. The molecule has 2 aromatic rings. The van der Waals surface area contributed by atoms with Crippen molar-refractivity contribution < 1.29 is 9.53 Å². The van der Waals surface area contributed by atoms with E-state index >= 15 is 0 Å². The van der Waals surface area contributed by atoms with Crippen LogP contribution in [0.2, 0.25) is 0 Å². The first-order valence-electron chi connectivity index (χ1n) is 6.98. The second kappa shape index (κ2) is 5.48.